The Kier molecular flexibility index (Phi) is 4.16. The van der Waals surface area contributed by atoms with Crippen molar-refractivity contribution >= 4 is 0 Å². The Bertz CT molecular complexity index is 248. The first-order valence-electron chi connectivity index (χ1n) is 6.37. The summed E-state index contributed by atoms with van der Waals surface area (Å²) in [4.78, 5) is 5.11. The summed E-state index contributed by atoms with van der Waals surface area (Å²) in [5.41, 5.74) is 0. The average molecular weight is 222 g/mol. The Hall–Kier alpha value is -0.630. The standard InChI is InChI=1S/C12H22N4/c1-14-11(10-13)4-5-15-6-8-16(9-7-15)12-2-3-12/h11-12,14H,2-9H2,1H3. The van der Waals surface area contributed by atoms with Crippen LogP contribution in [0.4, 0.5) is 0 Å². The summed E-state index contributed by atoms with van der Waals surface area (Å²) in [7, 11) is 1.86. The third-order valence-corrected chi connectivity index (χ3v) is 3.71. The molecule has 2 fully saturated rings. The molecule has 2 aliphatic rings. The lowest BCUT2D eigenvalue weighted by Gasteiger charge is -2.35. The Labute approximate surface area is 98.2 Å². The Morgan fingerprint density at radius 2 is 2.00 bits per heavy atom. The molecular weight excluding hydrogens is 200 g/mol. The van der Waals surface area contributed by atoms with Crippen LogP contribution in [0.2, 0.25) is 0 Å². The van der Waals surface area contributed by atoms with Crippen molar-refractivity contribution in [2.75, 3.05) is 39.8 Å². The molecule has 0 aromatic rings. The van der Waals surface area contributed by atoms with Crippen molar-refractivity contribution in [1.82, 2.24) is 15.1 Å². The normalized spacial score (nSPS) is 25.2. The Morgan fingerprint density at radius 3 is 2.50 bits per heavy atom. The zero-order chi connectivity index (χ0) is 11.4. The summed E-state index contributed by atoms with van der Waals surface area (Å²) in [6.07, 6.45) is 3.77. The van der Waals surface area contributed by atoms with E-state index in [0.717, 1.165) is 19.0 Å². The van der Waals surface area contributed by atoms with Crippen LogP contribution in [-0.2, 0) is 0 Å². The van der Waals surface area contributed by atoms with Gasteiger partial charge in [0, 0.05) is 38.8 Å². The molecule has 0 radical (unpaired) electrons. The van der Waals surface area contributed by atoms with E-state index in [1.54, 1.807) is 0 Å². The first kappa shape index (κ1) is 11.8. The van der Waals surface area contributed by atoms with E-state index >= 15 is 0 Å². The number of rotatable bonds is 5. The third kappa shape index (κ3) is 3.18. The molecule has 1 aliphatic heterocycles. The number of nitriles is 1. The van der Waals surface area contributed by atoms with Gasteiger partial charge in [-0.1, -0.05) is 0 Å². The minimum Gasteiger partial charge on any atom is -0.305 e. The summed E-state index contributed by atoms with van der Waals surface area (Å²) >= 11 is 0. The lowest BCUT2D eigenvalue weighted by Crippen LogP contribution is -2.48. The number of nitrogens with zero attached hydrogens (tertiary/aromatic N) is 3. The van der Waals surface area contributed by atoms with Crippen LogP contribution in [0.3, 0.4) is 0 Å². The van der Waals surface area contributed by atoms with Gasteiger partial charge >= 0.3 is 0 Å². The van der Waals surface area contributed by atoms with Crippen molar-refractivity contribution in [3.63, 3.8) is 0 Å². The first-order valence-corrected chi connectivity index (χ1v) is 6.37. The molecule has 0 aromatic heterocycles. The molecule has 0 aromatic carbocycles. The highest BCUT2D eigenvalue weighted by Crippen LogP contribution is 2.27. The van der Waals surface area contributed by atoms with Gasteiger partial charge in [-0.2, -0.15) is 5.26 Å². The van der Waals surface area contributed by atoms with Crippen LogP contribution in [0.1, 0.15) is 19.3 Å². The van der Waals surface area contributed by atoms with Crippen molar-refractivity contribution in [3.05, 3.63) is 0 Å². The molecule has 1 aliphatic carbocycles. The van der Waals surface area contributed by atoms with Crippen LogP contribution in [-0.4, -0.2) is 61.7 Å². The highest BCUT2D eigenvalue weighted by molar-refractivity contribution is 4.90. The van der Waals surface area contributed by atoms with Gasteiger partial charge in [0.25, 0.3) is 0 Å². The molecule has 1 atom stereocenters. The molecule has 16 heavy (non-hydrogen) atoms. The zero-order valence-electron chi connectivity index (χ0n) is 10.2. The van der Waals surface area contributed by atoms with E-state index in [1.807, 2.05) is 7.05 Å². The minimum absolute atomic E-state index is 0.0152. The quantitative estimate of drug-likeness (QED) is 0.725. The number of hydrogen-bond acceptors (Lipinski definition) is 4. The number of piperazine rings is 1. The van der Waals surface area contributed by atoms with Crippen LogP contribution in [0.25, 0.3) is 0 Å². The van der Waals surface area contributed by atoms with Gasteiger partial charge in [-0.15, -0.1) is 0 Å². The second kappa shape index (κ2) is 5.62. The fourth-order valence-electron chi connectivity index (χ4n) is 2.38. The van der Waals surface area contributed by atoms with E-state index in [0.29, 0.717) is 0 Å². The second-order valence-electron chi connectivity index (χ2n) is 4.87. The summed E-state index contributed by atoms with van der Waals surface area (Å²) < 4.78 is 0. The summed E-state index contributed by atoms with van der Waals surface area (Å²) in [6.45, 7) is 5.86. The van der Waals surface area contributed by atoms with E-state index in [4.69, 9.17) is 5.26 Å². The maximum Gasteiger partial charge on any atom is 0.0962 e. The van der Waals surface area contributed by atoms with Gasteiger partial charge < -0.3 is 10.2 Å². The average Bonchev–Trinajstić information content (AvgIpc) is 3.15. The predicted octanol–water partition coefficient (Wildman–Crippen LogP) is 0.268. The van der Waals surface area contributed by atoms with Crippen molar-refractivity contribution in [3.8, 4) is 6.07 Å². The predicted molar refractivity (Wildman–Crippen MR) is 64.1 cm³/mol. The summed E-state index contributed by atoms with van der Waals surface area (Å²) in [5.74, 6) is 0. The van der Waals surface area contributed by atoms with Gasteiger partial charge in [0.15, 0.2) is 0 Å². The highest BCUT2D eigenvalue weighted by Gasteiger charge is 2.30. The smallest absolute Gasteiger partial charge is 0.0962 e. The van der Waals surface area contributed by atoms with Gasteiger partial charge in [0.1, 0.15) is 0 Å². The van der Waals surface area contributed by atoms with Gasteiger partial charge in [0.05, 0.1) is 12.1 Å². The van der Waals surface area contributed by atoms with E-state index in [2.05, 4.69) is 21.2 Å². The molecule has 90 valence electrons. The van der Waals surface area contributed by atoms with Crippen molar-refractivity contribution < 1.29 is 0 Å². The van der Waals surface area contributed by atoms with E-state index in [9.17, 15) is 0 Å². The largest absolute Gasteiger partial charge is 0.305 e. The molecule has 4 heteroatoms. The molecule has 0 bridgehead atoms. The number of nitrogens with one attached hydrogen (secondary N) is 1. The van der Waals surface area contributed by atoms with Crippen LogP contribution in [0.15, 0.2) is 0 Å². The molecule has 4 nitrogen and oxygen atoms in total. The Balaban J connectivity index is 1.63. The molecule has 0 amide bonds. The maximum absolute atomic E-state index is 8.84. The highest BCUT2D eigenvalue weighted by atomic mass is 15.3. The van der Waals surface area contributed by atoms with E-state index < -0.39 is 0 Å². The van der Waals surface area contributed by atoms with Gasteiger partial charge in [-0.3, -0.25) is 4.90 Å². The van der Waals surface area contributed by atoms with Crippen LogP contribution in [0, 0.1) is 11.3 Å². The van der Waals surface area contributed by atoms with E-state index in [1.165, 1.54) is 39.0 Å². The second-order valence-corrected chi connectivity index (χ2v) is 4.87. The molecule has 1 heterocycles. The van der Waals surface area contributed by atoms with Crippen LogP contribution >= 0.6 is 0 Å². The fraction of sp³-hybridized carbons (Fsp3) is 0.917. The molecule has 1 unspecified atom stereocenters. The minimum atomic E-state index is 0.0152. The van der Waals surface area contributed by atoms with Crippen molar-refractivity contribution in [2.45, 2.75) is 31.3 Å². The molecule has 0 spiro atoms. The topological polar surface area (TPSA) is 42.3 Å². The zero-order valence-corrected chi connectivity index (χ0v) is 10.2. The first-order chi connectivity index (χ1) is 7.83. The van der Waals surface area contributed by atoms with Crippen molar-refractivity contribution in [2.24, 2.45) is 0 Å². The lowest BCUT2D eigenvalue weighted by atomic mass is 10.2. The molecular formula is C12H22N4. The van der Waals surface area contributed by atoms with Gasteiger partial charge in [-0.05, 0) is 26.3 Å². The Morgan fingerprint density at radius 1 is 1.31 bits per heavy atom. The molecule has 1 N–H and O–H groups in total. The van der Waals surface area contributed by atoms with Crippen LogP contribution < -0.4 is 5.32 Å². The maximum atomic E-state index is 8.84. The monoisotopic (exact) mass is 222 g/mol. The summed E-state index contributed by atoms with van der Waals surface area (Å²) in [5, 5.41) is 11.9. The van der Waals surface area contributed by atoms with E-state index in [-0.39, 0.29) is 6.04 Å². The van der Waals surface area contributed by atoms with Crippen LogP contribution in [0.5, 0.6) is 0 Å². The van der Waals surface area contributed by atoms with Gasteiger partial charge in [-0.25, -0.2) is 0 Å². The number of hydrogen-bond donors (Lipinski definition) is 1. The molecule has 1 saturated heterocycles. The van der Waals surface area contributed by atoms with Crippen molar-refractivity contribution in [1.29, 1.82) is 5.26 Å². The summed E-state index contributed by atoms with van der Waals surface area (Å²) in [6, 6.07) is 3.20. The third-order valence-electron chi connectivity index (χ3n) is 3.71. The lowest BCUT2D eigenvalue weighted by molar-refractivity contribution is 0.124. The SMILES string of the molecule is CNC(C#N)CCN1CCN(C2CC2)CC1. The fourth-order valence-corrected chi connectivity index (χ4v) is 2.38. The van der Waals surface area contributed by atoms with Gasteiger partial charge in [0.2, 0.25) is 0 Å². The molecule has 2 rings (SSSR count). The molecule has 1 saturated carbocycles.